The predicted molar refractivity (Wildman–Crippen MR) is 104 cm³/mol. The quantitative estimate of drug-likeness (QED) is 0.444. The fourth-order valence-corrected chi connectivity index (χ4v) is 3.77. The highest BCUT2D eigenvalue weighted by molar-refractivity contribution is 5.85. The van der Waals surface area contributed by atoms with Gasteiger partial charge in [0, 0.05) is 29.1 Å². The summed E-state index contributed by atoms with van der Waals surface area (Å²) < 4.78 is 11.8. The summed E-state index contributed by atoms with van der Waals surface area (Å²) in [5, 5.41) is 1.30. The lowest BCUT2D eigenvalue weighted by molar-refractivity contribution is -0.169. The lowest BCUT2D eigenvalue weighted by atomic mass is 9.91. The number of aromatic amines is 1. The average molecular weight is 341 g/mol. The molecule has 1 N–H and O–H groups in total. The van der Waals surface area contributed by atoms with Crippen LogP contribution in [-0.2, 0) is 16.1 Å². The van der Waals surface area contributed by atoms with Crippen LogP contribution in [0.15, 0.2) is 36.9 Å². The standard InChI is InChI=1S/C22H31NO2/c1-3-5-6-11-17(4-2)22-18-12-7-8-13-19(18)23-20(22)16-25-21-14-9-10-15-24-21/h4,7-8,12-13,17,21,23H,2-3,5-6,9-11,14-16H2,1H3. The van der Waals surface area contributed by atoms with Gasteiger partial charge in [-0.15, -0.1) is 6.58 Å². The van der Waals surface area contributed by atoms with Crippen LogP contribution >= 0.6 is 0 Å². The number of aromatic nitrogens is 1. The van der Waals surface area contributed by atoms with Crippen LogP contribution in [0.25, 0.3) is 10.9 Å². The molecule has 1 aliphatic rings. The van der Waals surface area contributed by atoms with Gasteiger partial charge in [0.15, 0.2) is 6.29 Å². The summed E-state index contributed by atoms with van der Waals surface area (Å²) in [6.45, 7) is 7.75. The molecule has 0 saturated carbocycles. The molecular formula is C22H31NO2. The van der Waals surface area contributed by atoms with Gasteiger partial charge in [-0.1, -0.05) is 50.5 Å². The topological polar surface area (TPSA) is 34.2 Å². The van der Waals surface area contributed by atoms with Gasteiger partial charge in [-0.2, -0.15) is 0 Å². The number of fused-ring (bicyclic) bond motifs is 1. The van der Waals surface area contributed by atoms with Gasteiger partial charge in [-0.25, -0.2) is 0 Å². The zero-order chi connectivity index (χ0) is 17.5. The Morgan fingerprint density at radius 3 is 2.96 bits per heavy atom. The van der Waals surface area contributed by atoms with Gasteiger partial charge in [-0.3, -0.25) is 0 Å². The van der Waals surface area contributed by atoms with E-state index in [9.17, 15) is 0 Å². The number of unbranched alkanes of at least 4 members (excludes halogenated alkanes) is 2. The smallest absolute Gasteiger partial charge is 0.158 e. The van der Waals surface area contributed by atoms with Crippen molar-refractivity contribution in [3.63, 3.8) is 0 Å². The van der Waals surface area contributed by atoms with E-state index in [1.165, 1.54) is 47.8 Å². The van der Waals surface area contributed by atoms with Crippen LogP contribution in [0.2, 0.25) is 0 Å². The van der Waals surface area contributed by atoms with E-state index in [-0.39, 0.29) is 6.29 Å². The van der Waals surface area contributed by atoms with Crippen molar-refractivity contribution in [2.75, 3.05) is 6.61 Å². The number of H-pyrrole nitrogens is 1. The van der Waals surface area contributed by atoms with Crippen molar-refractivity contribution in [2.24, 2.45) is 0 Å². The van der Waals surface area contributed by atoms with Crippen LogP contribution in [0.5, 0.6) is 0 Å². The third-order valence-electron chi connectivity index (χ3n) is 5.15. The summed E-state index contributed by atoms with van der Waals surface area (Å²) in [6, 6.07) is 8.54. The second-order valence-corrected chi connectivity index (χ2v) is 7.01. The Labute approximate surface area is 151 Å². The van der Waals surface area contributed by atoms with E-state index in [0.29, 0.717) is 12.5 Å². The molecule has 0 spiro atoms. The molecule has 2 unspecified atom stereocenters. The highest BCUT2D eigenvalue weighted by Crippen LogP contribution is 2.34. The number of hydrogen-bond acceptors (Lipinski definition) is 2. The van der Waals surface area contributed by atoms with Gasteiger partial charge in [0.25, 0.3) is 0 Å². The Morgan fingerprint density at radius 1 is 1.32 bits per heavy atom. The number of hydrogen-bond donors (Lipinski definition) is 1. The lowest BCUT2D eigenvalue weighted by Gasteiger charge is -2.23. The van der Waals surface area contributed by atoms with E-state index in [4.69, 9.17) is 9.47 Å². The molecule has 2 heterocycles. The predicted octanol–water partition coefficient (Wildman–Crippen LogP) is 6.06. The monoisotopic (exact) mass is 341 g/mol. The summed E-state index contributed by atoms with van der Waals surface area (Å²) >= 11 is 0. The number of allylic oxidation sites excluding steroid dienone is 1. The summed E-state index contributed by atoms with van der Waals surface area (Å²) in [4.78, 5) is 3.58. The summed E-state index contributed by atoms with van der Waals surface area (Å²) in [6.07, 6.45) is 10.3. The van der Waals surface area contributed by atoms with E-state index in [2.05, 4.69) is 48.8 Å². The van der Waals surface area contributed by atoms with Crippen LogP contribution in [0.4, 0.5) is 0 Å². The molecule has 1 saturated heterocycles. The molecule has 1 aromatic heterocycles. The molecule has 1 aliphatic heterocycles. The van der Waals surface area contributed by atoms with Crippen molar-refractivity contribution in [1.29, 1.82) is 0 Å². The number of benzene rings is 1. The summed E-state index contributed by atoms with van der Waals surface area (Å²) in [5.41, 5.74) is 3.72. The first-order valence-electron chi connectivity index (χ1n) is 9.78. The SMILES string of the molecule is C=CC(CCCCC)c1c(COC2CCCCO2)[nH]c2ccccc12. The van der Waals surface area contributed by atoms with E-state index >= 15 is 0 Å². The Morgan fingerprint density at radius 2 is 2.20 bits per heavy atom. The largest absolute Gasteiger partial charge is 0.356 e. The van der Waals surface area contributed by atoms with Crippen molar-refractivity contribution in [3.05, 3.63) is 48.2 Å². The molecule has 136 valence electrons. The molecule has 2 atom stereocenters. The van der Waals surface area contributed by atoms with Gasteiger partial charge < -0.3 is 14.5 Å². The van der Waals surface area contributed by atoms with Crippen molar-refractivity contribution in [1.82, 2.24) is 4.98 Å². The normalized spacial score (nSPS) is 19.2. The Kier molecular flexibility index (Phi) is 6.71. The maximum absolute atomic E-state index is 6.07. The second-order valence-electron chi connectivity index (χ2n) is 7.01. The molecule has 0 amide bonds. The highest BCUT2D eigenvalue weighted by Gasteiger charge is 2.20. The van der Waals surface area contributed by atoms with E-state index in [1.54, 1.807) is 0 Å². The molecule has 2 aromatic rings. The molecule has 0 aliphatic carbocycles. The fraction of sp³-hybridized carbons (Fsp3) is 0.545. The lowest BCUT2D eigenvalue weighted by Crippen LogP contribution is -2.22. The summed E-state index contributed by atoms with van der Waals surface area (Å²) in [5.74, 6) is 0.369. The molecule has 0 radical (unpaired) electrons. The minimum atomic E-state index is -0.0599. The minimum absolute atomic E-state index is 0.0599. The average Bonchev–Trinajstić information content (AvgIpc) is 3.03. The number of para-hydroxylation sites is 1. The van der Waals surface area contributed by atoms with Crippen LogP contribution in [0.1, 0.15) is 69.0 Å². The molecule has 25 heavy (non-hydrogen) atoms. The Bertz CT molecular complexity index is 670. The molecule has 1 fully saturated rings. The molecule has 1 aromatic carbocycles. The van der Waals surface area contributed by atoms with E-state index in [1.807, 2.05) is 0 Å². The number of rotatable bonds is 9. The van der Waals surface area contributed by atoms with Gasteiger partial charge in [-0.05, 0) is 37.3 Å². The molecular weight excluding hydrogens is 310 g/mol. The summed E-state index contributed by atoms with van der Waals surface area (Å²) in [7, 11) is 0. The molecule has 0 bridgehead atoms. The van der Waals surface area contributed by atoms with Gasteiger partial charge in [0.1, 0.15) is 0 Å². The maximum Gasteiger partial charge on any atom is 0.158 e. The van der Waals surface area contributed by atoms with Crippen molar-refractivity contribution in [3.8, 4) is 0 Å². The van der Waals surface area contributed by atoms with Gasteiger partial charge in [0.05, 0.1) is 6.61 Å². The van der Waals surface area contributed by atoms with Crippen LogP contribution in [0, 0.1) is 0 Å². The zero-order valence-corrected chi connectivity index (χ0v) is 15.4. The van der Waals surface area contributed by atoms with E-state index < -0.39 is 0 Å². The first-order valence-corrected chi connectivity index (χ1v) is 9.78. The van der Waals surface area contributed by atoms with Crippen molar-refractivity contribution in [2.45, 2.75) is 70.7 Å². The van der Waals surface area contributed by atoms with E-state index in [0.717, 1.165) is 25.9 Å². The van der Waals surface area contributed by atoms with Gasteiger partial charge in [0.2, 0.25) is 0 Å². The minimum Gasteiger partial charge on any atom is -0.356 e. The molecule has 3 rings (SSSR count). The molecule has 3 nitrogen and oxygen atoms in total. The maximum atomic E-state index is 6.07. The first kappa shape index (κ1) is 18.2. The molecule has 3 heteroatoms. The Balaban J connectivity index is 1.81. The zero-order valence-electron chi connectivity index (χ0n) is 15.4. The highest BCUT2D eigenvalue weighted by atomic mass is 16.7. The third kappa shape index (κ3) is 4.53. The number of ether oxygens (including phenoxy) is 2. The fourth-order valence-electron chi connectivity index (χ4n) is 3.77. The van der Waals surface area contributed by atoms with Crippen molar-refractivity contribution < 1.29 is 9.47 Å². The second kappa shape index (κ2) is 9.21. The third-order valence-corrected chi connectivity index (χ3v) is 5.15. The Hall–Kier alpha value is -1.58. The number of nitrogens with one attached hydrogen (secondary N) is 1. The first-order chi connectivity index (χ1) is 12.3. The van der Waals surface area contributed by atoms with Gasteiger partial charge >= 0.3 is 0 Å². The van der Waals surface area contributed by atoms with Crippen LogP contribution in [-0.4, -0.2) is 17.9 Å². The van der Waals surface area contributed by atoms with Crippen LogP contribution < -0.4 is 0 Å². The van der Waals surface area contributed by atoms with Crippen molar-refractivity contribution >= 4 is 10.9 Å². The van der Waals surface area contributed by atoms with Crippen LogP contribution in [0.3, 0.4) is 0 Å².